The third kappa shape index (κ3) is 3.35. The number of sulfonamides is 1. The third-order valence-corrected chi connectivity index (χ3v) is 6.26. The number of halogens is 1. The number of nitrogens with one attached hydrogen (secondary N) is 2. The van der Waals surface area contributed by atoms with E-state index in [2.05, 4.69) is 10.0 Å². The number of anilines is 2. The Hall–Kier alpha value is -2.65. The number of fused-ring (bicyclic) bond motifs is 1. The topological polar surface area (TPSA) is 81.7 Å². The van der Waals surface area contributed by atoms with Crippen LogP contribution < -0.4 is 14.9 Å². The highest BCUT2D eigenvalue weighted by molar-refractivity contribution is 7.89. The van der Waals surface area contributed by atoms with Gasteiger partial charge in [0.15, 0.2) is 6.17 Å². The molecule has 1 saturated heterocycles. The van der Waals surface area contributed by atoms with Gasteiger partial charge in [-0.2, -0.15) is 4.72 Å². The molecule has 1 atom stereocenters. The highest BCUT2D eigenvalue weighted by Gasteiger charge is 2.36. The summed E-state index contributed by atoms with van der Waals surface area (Å²) >= 11 is 0. The Morgan fingerprint density at radius 2 is 1.67 bits per heavy atom. The summed E-state index contributed by atoms with van der Waals surface area (Å²) < 4.78 is 41.1. The molecule has 2 aromatic carbocycles. The maximum atomic E-state index is 13.9. The Morgan fingerprint density at radius 1 is 1.00 bits per heavy atom. The van der Waals surface area contributed by atoms with Gasteiger partial charge >= 0.3 is 0 Å². The molecule has 2 N–H and O–H groups in total. The summed E-state index contributed by atoms with van der Waals surface area (Å²) in [6.45, 7) is 1.72. The summed E-state index contributed by atoms with van der Waals surface area (Å²) in [5, 5.41) is 2.95. The van der Waals surface area contributed by atoms with Crippen LogP contribution in [0.3, 0.4) is 0 Å². The SMILES string of the molecule is O=C(C1Nc2ccccc2S(=O)(=O)N1)N1CCN(c2ccccc2F)CC1. The van der Waals surface area contributed by atoms with Crippen molar-refractivity contribution in [2.24, 2.45) is 0 Å². The fraction of sp³-hybridized carbons (Fsp3) is 0.278. The fourth-order valence-electron chi connectivity index (χ4n) is 3.39. The molecule has 0 spiro atoms. The van der Waals surface area contributed by atoms with E-state index in [-0.39, 0.29) is 16.6 Å². The average molecular weight is 390 g/mol. The van der Waals surface area contributed by atoms with E-state index in [9.17, 15) is 17.6 Å². The lowest BCUT2D eigenvalue weighted by Gasteiger charge is -2.38. The molecule has 2 aliphatic rings. The minimum Gasteiger partial charge on any atom is -0.366 e. The lowest BCUT2D eigenvalue weighted by atomic mass is 10.2. The Balaban J connectivity index is 1.45. The summed E-state index contributed by atoms with van der Waals surface area (Å²) in [7, 11) is -3.75. The fourth-order valence-corrected chi connectivity index (χ4v) is 4.67. The molecule has 0 aromatic heterocycles. The van der Waals surface area contributed by atoms with Gasteiger partial charge in [0.2, 0.25) is 10.0 Å². The minimum absolute atomic E-state index is 0.124. The molecular formula is C18H19FN4O3S. The van der Waals surface area contributed by atoms with Crippen molar-refractivity contribution < 1.29 is 17.6 Å². The molecule has 1 fully saturated rings. The lowest BCUT2D eigenvalue weighted by Crippen LogP contribution is -2.58. The first kappa shape index (κ1) is 17.7. The van der Waals surface area contributed by atoms with Gasteiger partial charge in [-0.3, -0.25) is 4.79 Å². The van der Waals surface area contributed by atoms with Crippen molar-refractivity contribution in [3.63, 3.8) is 0 Å². The number of carbonyl (C=O) groups is 1. The zero-order valence-corrected chi connectivity index (χ0v) is 15.2. The average Bonchev–Trinajstić information content (AvgIpc) is 2.67. The number of hydrogen-bond donors (Lipinski definition) is 2. The van der Waals surface area contributed by atoms with Crippen LogP contribution in [0.1, 0.15) is 0 Å². The minimum atomic E-state index is -3.75. The van der Waals surface area contributed by atoms with Crippen LogP contribution in [0, 0.1) is 5.82 Å². The number of benzene rings is 2. The number of hydrogen-bond acceptors (Lipinski definition) is 5. The zero-order valence-electron chi connectivity index (χ0n) is 14.4. The van der Waals surface area contributed by atoms with Gasteiger partial charge in [-0.25, -0.2) is 12.8 Å². The predicted molar refractivity (Wildman–Crippen MR) is 99.4 cm³/mol. The van der Waals surface area contributed by atoms with Crippen LogP contribution in [0.5, 0.6) is 0 Å². The van der Waals surface area contributed by atoms with Gasteiger partial charge < -0.3 is 15.1 Å². The molecule has 142 valence electrons. The largest absolute Gasteiger partial charge is 0.366 e. The van der Waals surface area contributed by atoms with Gasteiger partial charge in [0.1, 0.15) is 10.7 Å². The van der Waals surface area contributed by atoms with Crippen LogP contribution >= 0.6 is 0 Å². The summed E-state index contributed by atoms with van der Waals surface area (Å²) in [6, 6.07) is 13.0. The molecule has 7 nitrogen and oxygen atoms in total. The Labute approximate surface area is 156 Å². The van der Waals surface area contributed by atoms with E-state index >= 15 is 0 Å². The quantitative estimate of drug-likeness (QED) is 0.806. The smallest absolute Gasteiger partial charge is 0.261 e. The molecule has 0 radical (unpaired) electrons. The first-order valence-electron chi connectivity index (χ1n) is 8.62. The highest BCUT2D eigenvalue weighted by atomic mass is 32.2. The standard InChI is InChI=1S/C18H19FN4O3S/c19-13-5-1-3-7-15(13)22-9-11-23(12-10-22)18(24)17-20-14-6-2-4-8-16(14)27(25,26)21-17/h1-8,17,20-21H,9-12H2. The van der Waals surface area contributed by atoms with Crippen LogP contribution in [-0.4, -0.2) is 51.6 Å². The van der Waals surface area contributed by atoms with Crippen molar-refractivity contribution >= 4 is 27.3 Å². The van der Waals surface area contributed by atoms with Crippen molar-refractivity contribution in [3.05, 3.63) is 54.3 Å². The Kier molecular flexibility index (Phi) is 4.48. The molecular weight excluding hydrogens is 371 g/mol. The van der Waals surface area contributed by atoms with Gasteiger partial charge in [-0.1, -0.05) is 24.3 Å². The van der Waals surface area contributed by atoms with E-state index in [0.29, 0.717) is 37.6 Å². The van der Waals surface area contributed by atoms with Crippen LogP contribution in [-0.2, 0) is 14.8 Å². The van der Waals surface area contributed by atoms with E-state index in [1.807, 2.05) is 4.90 Å². The second kappa shape index (κ2) is 6.82. The van der Waals surface area contributed by atoms with Crippen molar-refractivity contribution in [1.82, 2.24) is 9.62 Å². The van der Waals surface area contributed by atoms with Crippen LogP contribution in [0.15, 0.2) is 53.4 Å². The van der Waals surface area contributed by atoms with E-state index < -0.39 is 16.2 Å². The van der Waals surface area contributed by atoms with Gasteiger partial charge in [0.05, 0.1) is 11.4 Å². The van der Waals surface area contributed by atoms with Crippen LogP contribution in [0.25, 0.3) is 0 Å². The predicted octanol–water partition coefficient (Wildman–Crippen LogP) is 1.20. The van der Waals surface area contributed by atoms with Crippen LogP contribution in [0.4, 0.5) is 15.8 Å². The molecule has 1 amide bonds. The van der Waals surface area contributed by atoms with Crippen molar-refractivity contribution in [2.75, 3.05) is 36.4 Å². The number of para-hydroxylation sites is 2. The summed E-state index contributed by atoms with van der Waals surface area (Å²) in [5.74, 6) is -0.642. The molecule has 0 aliphatic carbocycles. The molecule has 4 rings (SSSR count). The van der Waals surface area contributed by atoms with Gasteiger partial charge in [0.25, 0.3) is 5.91 Å². The summed E-state index contributed by atoms with van der Waals surface area (Å²) in [4.78, 5) is 16.4. The maximum absolute atomic E-state index is 13.9. The third-order valence-electron chi connectivity index (χ3n) is 4.78. The Morgan fingerprint density at radius 3 is 2.41 bits per heavy atom. The summed E-state index contributed by atoms with van der Waals surface area (Å²) in [5.41, 5.74) is 0.912. The molecule has 0 bridgehead atoms. The lowest BCUT2D eigenvalue weighted by molar-refractivity contribution is -0.132. The van der Waals surface area contributed by atoms with Gasteiger partial charge in [-0.15, -0.1) is 0 Å². The second-order valence-electron chi connectivity index (χ2n) is 6.46. The van der Waals surface area contributed by atoms with Crippen LogP contribution in [0.2, 0.25) is 0 Å². The molecule has 27 heavy (non-hydrogen) atoms. The molecule has 2 aliphatic heterocycles. The highest BCUT2D eigenvalue weighted by Crippen LogP contribution is 2.26. The molecule has 9 heteroatoms. The molecule has 2 heterocycles. The molecule has 1 unspecified atom stereocenters. The normalized spacial score (nSPS) is 21.3. The number of amides is 1. The number of nitrogens with zero attached hydrogens (tertiary/aromatic N) is 2. The van der Waals surface area contributed by atoms with E-state index in [1.54, 1.807) is 41.3 Å². The molecule has 2 aromatic rings. The second-order valence-corrected chi connectivity index (χ2v) is 8.14. The van der Waals surface area contributed by atoms with E-state index in [4.69, 9.17) is 0 Å². The van der Waals surface area contributed by atoms with E-state index in [1.165, 1.54) is 12.1 Å². The Bertz CT molecular complexity index is 974. The molecule has 0 saturated carbocycles. The van der Waals surface area contributed by atoms with Gasteiger partial charge in [-0.05, 0) is 24.3 Å². The van der Waals surface area contributed by atoms with E-state index in [0.717, 1.165) is 0 Å². The number of rotatable bonds is 2. The first-order chi connectivity index (χ1) is 13.0. The number of carbonyl (C=O) groups excluding carboxylic acids is 1. The zero-order chi connectivity index (χ0) is 19.0. The van der Waals surface area contributed by atoms with Crippen molar-refractivity contribution in [2.45, 2.75) is 11.1 Å². The van der Waals surface area contributed by atoms with Crippen molar-refractivity contribution in [3.8, 4) is 0 Å². The van der Waals surface area contributed by atoms with Crippen molar-refractivity contribution in [1.29, 1.82) is 0 Å². The first-order valence-corrected chi connectivity index (χ1v) is 10.1. The number of piperazine rings is 1. The maximum Gasteiger partial charge on any atom is 0.261 e. The monoisotopic (exact) mass is 390 g/mol. The summed E-state index contributed by atoms with van der Waals surface area (Å²) in [6.07, 6.45) is -1.05. The van der Waals surface area contributed by atoms with Gasteiger partial charge in [0, 0.05) is 26.2 Å².